The zero-order valence-electron chi connectivity index (χ0n) is 7.76. The van der Waals surface area contributed by atoms with Gasteiger partial charge < -0.3 is 4.42 Å². The van der Waals surface area contributed by atoms with Crippen molar-refractivity contribution in [2.75, 3.05) is 0 Å². The first kappa shape index (κ1) is 9.80. The number of halogens is 2. The van der Waals surface area contributed by atoms with E-state index in [1.807, 2.05) is 0 Å². The van der Waals surface area contributed by atoms with Crippen LogP contribution in [0.25, 0.3) is 17.2 Å². The molecule has 0 aliphatic rings. The van der Waals surface area contributed by atoms with Crippen LogP contribution in [-0.4, -0.2) is 19.6 Å². The molecular formula is C9H4BrClN4O. The van der Waals surface area contributed by atoms with Gasteiger partial charge in [0.25, 0.3) is 0 Å². The van der Waals surface area contributed by atoms with Crippen molar-refractivity contribution in [1.29, 1.82) is 0 Å². The molecule has 3 aromatic heterocycles. The second-order valence-corrected chi connectivity index (χ2v) is 4.18. The Labute approximate surface area is 103 Å². The lowest BCUT2D eigenvalue weighted by atomic mass is 10.4. The average molecular weight is 300 g/mol. The standard InChI is InChI=1S/C9H4BrClN4O/c10-6-2-1-5(16-6)8-13-14-9-7(11)12-3-4-15(8)9/h1-4H. The van der Waals surface area contributed by atoms with Crippen LogP contribution >= 0.6 is 27.5 Å². The Bertz CT molecular complexity index is 662. The van der Waals surface area contributed by atoms with E-state index in [2.05, 4.69) is 31.1 Å². The predicted molar refractivity (Wildman–Crippen MR) is 61.2 cm³/mol. The van der Waals surface area contributed by atoms with E-state index in [1.165, 1.54) is 0 Å². The molecule has 16 heavy (non-hydrogen) atoms. The second kappa shape index (κ2) is 3.57. The maximum Gasteiger partial charge on any atom is 0.204 e. The third-order valence-electron chi connectivity index (χ3n) is 2.08. The largest absolute Gasteiger partial charge is 0.446 e. The zero-order chi connectivity index (χ0) is 11.1. The van der Waals surface area contributed by atoms with E-state index in [4.69, 9.17) is 16.0 Å². The summed E-state index contributed by atoms with van der Waals surface area (Å²) >= 11 is 9.12. The Morgan fingerprint density at radius 3 is 2.94 bits per heavy atom. The Morgan fingerprint density at radius 1 is 1.31 bits per heavy atom. The first-order valence-electron chi connectivity index (χ1n) is 4.36. The van der Waals surface area contributed by atoms with Gasteiger partial charge in [0, 0.05) is 12.4 Å². The van der Waals surface area contributed by atoms with Gasteiger partial charge in [0.15, 0.2) is 21.2 Å². The van der Waals surface area contributed by atoms with Crippen LogP contribution in [0.3, 0.4) is 0 Å². The van der Waals surface area contributed by atoms with Crippen LogP contribution < -0.4 is 0 Å². The number of hydrogen-bond acceptors (Lipinski definition) is 4. The fraction of sp³-hybridized carbons (Fsp3) is 0. The molecule has 7 heteroatoms. The lowest BCUT2D eigenvalue weighted by Crippen LogP contribution is -1.89. The molecule has 0 fully saturated rings. The highest BCUT2D eigenvalue weighted by molar-refractivity contribution is 9.10. The summed E-state index contributed by atoms with van der Waals surface area (Å²) in [6.07, 6.45) is 3.31. The monoisotopic (exact) mass is 298 g/mol. The first-order chi connectivity index (χ1) is 7.75. The topological polar surface area (TPSA) is 56.2 Å². The van der Waals surface area contributed by atoms with Crippen molar-refractivity contribution in [3.8, 4) is 11.6 Å². The summed E-state index contributed by atoms with van der Waals surface area (Å²) in [7, 11) is 0. The Hall–Kier alpha value is -1.40. The molecule has 0 bridgehead atoms. The van der Waals surface area contributed by atoms with Crippen molar-refractivity contribution in [3.63, 3.8) is 0 Å². The minimum Gasteiger partial charge on any atom is -0.446 e. The molecule has 0 aromatic carbocycles. The van der Waals surface area contributed by atoms with E-state index in [9.17, 15) is 0 Å². The van der Waals surface area contributed by atoms with Gasteiger partial charge in [0.2, 0.25) is 5.82 Å². The van der Waals surface area contributed by atoms with Crippen molar-refractivity contribution < 1.29 is 4.42 Å². The second-order valence-electron chi connectivity index (χ2n) is 3.04. The molecule has 3 aromatic rings. The van der Waals surface area contributed by atoms with E-state index in [1.54, 1.807) is 28.9 Å². The predicted octanol–water partition coefficient (Wildman–Crippen LogP) is 2.80. The highest BCUT2D eigenvalue weighted by Crippen LogP contribution is 2.25. The van der Waals surface area contributed by atoms with E-state index >= 15 is 0 Å². The Balaban J connectivity index is 2.29. The zero-order valence-corrected chi connectivity index (χ0v) is 10.1. The van der Waals surface area contributed by atoms with E-state index < -0.39 is 0 Å². The van der Waals surface area contributed by atoms with Crippen LogP contribution in [0.15, 0.2) is 33.6 Å². The summed E-state index contributed by atoms with van der Waals surface area (Å²) in [5, 5.41) is 8.27. The van der Waals surface area contributed by atoms with Gasteiger partial charge in [0.05, 0.1) is 0 Å². The summed E-state index contributed by atoms with van der Waals surface area (Å²) in [6, 6.07) is 3.59. The van der Waals surface area contributed by atoms with Gasteiger partial charge >= 0.3 is 0 Å². The molecule has 0 spiro atoms. The molecule has 0 N–H and O–H groups in total. The van der Waals surface area contributed by atoms with Gasteiger partial charge in [-0.2, -0.15) is 0 Å². The smallest absolute Gasteiger partial charge is 0.204 e. The molecule has 0 saturated heterocycles. The fourth-order valence-electron chi connectivity index (χ4n) is 1.40. The van der Waals surface area contributed by atoms with Crippen LogP contribution in [0, 0.1) is 0 Å². The lowest BCUT2D eigenvalue weighted by Gasteiger charge is -1.95. The summed E-state index contributed by atoms with van der Waals surface area (Å²) in [5.41, 5.74) is 0.506. The van der Waals surface area contributed by atoms with Crippen LogP contribution in [-0.2, 0) is 0 Å². The van der Waals surface area contributed by atoms with Crippen LogP contribution in [0.4, 0.5) is 0 Å². The van der Waals surface area contributed by atoms with Crippen molar-refractivity contribution in [1.82, 2.24) is 19.6 Å². The van der Waals surface area contributed by atoms with E-state index in [0.29, 0.717) is 27.1 Å². The van der Waals surface area contributed by atoms with Gasteiger partial charge in [0.1, 0.15) is 0 Å². The lowest BCUT2D eigenvalue weighted by molar-refractivity contribution is 0.550. The van der Waals surface area contributed by atoms with E-state index in [0.717, 1.165) is 0 Å². The van der Waals surface area contributed by atoms with Crippen LogP contribution in [0.5, 0.6) is 0 Å². The third kappa shape index (κ3) is 1.42. The van der Waals surface area contributed by atoms with Crippen molar-refractivity contribution in [2.24, 2.45) is 0 Å². The van der Waals surface area contributed by atoms with Crippen molar-refractivity contribution in [3.05, 3.63) is 34.3 Å². The highest BCUT2D eigenvalue weighted by Gasteiger charge is 2.13. The van der Waals surface area contributed by atoms with Gasteiger partial charge in [-0.15, -0.1) is 10.2 Å². The first-order valence-corrected chi connectivity index (χ1v) is 5.54. The number of aromatic nitrogens is 4. The molecule has 80 valence electrons. The van der Waals surface area contributed by atoms with Gasteiger partial charge in [-0.25, -0.2) is 4.98 Å². The minimum atomic E-state index is 0.312. The molecule has 0 aliphatic carbocycles. The Morgan fingerprint density at radius 2 is 2.19 bits per heavy atom. The van der Waals surface area contributed by atoms with Crippen LogP contribution in [0.2, 0.25) is 5.15 Å². The SMILES string of the molecule is Clc1nccn2c(-c3ccc(Br)o3)nnc12. The molecule has 3 heterocycles. The van der Waals surface area contributed by atoms with Crippen LogP contribution in [0.1, 0.15) is 0 Å². The molecular weight excluding hydrogens is 295 g/mol. The Kier molecular flexibility index (Phi) is 2.19. The number of hydrogen-bond donors (Lipinski definition) is 0. The highest BCUT2D eigenvalue weighted by atomic mass is 79.9. The molecule has 0 saturated carbocycles. The number of nitrogens with zero attached hydrogens (tertiary/aromatic N) is 4. The molecule has 0 atom stereocenters. The summed E-state index contributed by atoms with van der Waals surface area (Å²) in [6.45, 7) is 0. The van der Waals surface area contributed by atoms with E-state index in [-0.39, 0.29) is 0 Å². The number of fused-ring (bicyclic) bond motifs is 1. The summed E-state index contributed by atoms with van der Waals surface area (Å²) in [5.74, 6) is 1.20. The fourth-order valence-corrected chi connectivity index (χ4v) is 1.89. The van der Waals surface area contributed by atoms with Gasteiger partial charge in [-0.1, -0.05) is 11.6 Å². The molecule has 5 nitrogen and oxygen atoms in total. The molecule has 3 rings (SSSR count). The summed E-state index contributed by atoms with van der Waals surface area (Å²) < 4.78 is 7.77. The normalized spacial score (nSPS) is 11.1. The molecule has 0 radical (unpaired) electrons. The average Bonchev–Trinajstić information content (AvgIpc) is 2.84. The number of rotatable bonds is 1. The van der Waals surface area contributed by atoms with Gasteiger partial charge in [-0.3, -0.25) is 4.40 Å². The molecule has 0 amide bonds. The molecule has 0 unspecified atom stereocenters. The van der Waals surface area contributed by atoms with Gasteiger partial charge in [-0.05, 0) is 28.1 Å². The minimum absolute atomic E-state index is 0.312. The maximum atomic E-state index is 5.89. The quantitative estimate of drug-likeness (QED) is 0.693. The number of furan rings is 1. The third-order valence-corrected chi connectivity index (χ3v) is 2.77. The maximum absolute atomic E-state index is 5.89. The van der Waals surface area contributed by atoms with Crippen molar-refractivity contribution >= 4 is 33.2 Å². The van der Waals surface area contributed by atoms with Crippen molar-refractivity contribution in [2.45, 2.75) is 0 Å². The molecule has 0 aliphatic heterocycles. The summed E-state index contributed by atoms with van der Waals surface area (Å²) in [4.78, 5) is 3.92.